The van der Waals surface area contributed by atoms with Gasteiger partial charge in [-0.1, -0.05) is 12.1 Å². The first-order valence-electron chi connectivity index (χ1n) is 8.42. The minimum Gasteiger partial charge on any atom is -0.359 e. The van der Waals surface area contributed by atoms with Crippen molar-refractivity contribution in [3.63, 3.8) is 0 Å². The van der Waals surface area contributed by atoms with E-state index in [1.807, 2.05) is 54.4 Å². The fraction of sp³-hybridized carbons (Fsp3) is 0.143. The molecule has 0 saturated carbocycles. The summed E-state index contributed by atoms with van der Waals surface area (Å²) < 4.78 is 28.0. The summed E-state index contributed by atoms with van der Waals surface area (Å²) in [6.45, 7) is 1.94. The lowest BCUT2D eigenvalue weighted by Gasteiger charge is -2.31. The van der Waals surface area contributed by atoms with Crippen molar-refractivity contribution in [2.45, 2.75) is 13.1 Å². The van der Waals surface area contributed by atoms with Crippen LogP contribution in [-0.2, 0) is 0 Å². The van der Waals surface area contributed by atoms with E-state index in [4.69, 9.17) is 0 Å². The predicted molar refractivity (Wildman–Crippen MR) is 99.4 cm³/mol. The molecule has 0 saturated heterocycles. The molecule has 132 valence electrons. The van der Waals surface area contributed by atoms with E-state index in [-0.39, 0.29) is 17.8 Å². The lowest BCUT2D eigenvalue weighted by Crippen LogP contribution is -2.28. The van der Waals surface area contributed by atoms with Crippen LogP contribution < -0.4 is 4.90 Å². The number of aromatic amines is 1. The Hall–Kier alpha value is -3.08. The van der Waals surface area contributed by atoms with E-state index >= 15 is 0 Å². The first kappa shape index (κ1) is 16.4. The van der Waals surface area contributed by atoms with Crippen LogP contribution >= 0.6 is 0 Å². The van der Waals surface area contributed by atoms with Crippen molar-refractivity contribution in [3.8, 4) is 11.3 Å². The molecule has 3 aromatic rings. The monoisotopic (exact) mass is 351 g/mol. The van der Waals surface area contributed by atoms with Gasteiger partial charge >= 0.3 is 0 Å². The van der Waals surface area contributed by atoms with Crippen molar-refractivity contribution < 1.29 is 8.78 Å². The van der Waals surface area contributed by atoms with E-state index in [9.17, 15) is 8.78 Å². The number of halogens is 2. The van der Waals surface area contributed by atoms with E-state index in [1.54, 1.807) is 18.2 Å². The normalized spacial score (nSPS) is 16.5. The summed E-state index contributed by atoms with van der Waals surface area (Å²) in [5.41, 5.74) is 3.96. The van der Waals surface area contributed by atoms with Crippen LogP contribution in [0.3, 0.4) is 0 Å². The van der Waals surface area contributed by atoms with Crippen LogP contribution in [-0.4, -0.2) is 16.9 Å². The molecule has 3 nitrogen and oxygen atoms in total. The first-order chi connectivity index (χ1) is 12.5. The molecule has 0 amide bonds. The zero-order valence-corrected chi connectivity index (χ0v) is 14.6. The third kappa shape index (κ3) is 2.86. The van der Waals surface area contributed by atoms with E-state index in [0.717, 1.165) is 22.6 Å². The van der Waals surface area contributed by atoms with Gasteiger partial charge < -0.3 is 14.8 Å². The lowest BCUT2D eigenvalue weighted by molar-refractivity contribution is 0.367. The Balaban J connectivity index is 1.68. The van der Waals surface area contributed by atoms with Crippen molar-refractivity contribution in [2.75, 3.05) is 11.9 Å². The number of hydrogen-bond donors (Lipinski definition) is 1. The van der Waals surface area contributed by atoms with Crippen LogP contribution in [0.25, 0.3) is 11.3 Å². The maximum Gasteiger partial charge on any atom is 0.134 e. The zero-order valence-electron chi connectivity index (χ0n) is 14.6. The number of rotatable bonds is 3. The van der Waals surface area contributed by atoms with E-state index < -0.39 is 0 Å². The summed E-state index contributed by atoms with van der Waals surface area (Å²) in [6.07, 6.45) is 3.68. The van der Waals surface area contributed by atoms with Gasteiger partial charge in [0.1, 0.15) is 17.8 Å². The molecule has 0 radical (unpaired) electrons. The van der Waals surface area contributed by atoms with Gasteiger partial charge in [0, 0.05) is 42.1 Å². The van der Waals surface area contributed by atoms with Gasteiger partial charge in [-0.2, -0.15) is 0 Å². The standard InChI is InChI=1S/C21H19F2N3/c1-14-3-10-20(24-14)18-9-8-17(13-19(18)23)26-12-11-25(2)21(26)15-4-6-16(22)7-5-15/h3-13,21,24H,1-2H3. The van der Waals surface area contributed by atoms with Gasteiger partial charge in [-0.05, 0) is 55.0 Å². The van der Waals surface area contributed by atoms with Crippen LogP contribution in [0.2, 0.25) is 0 Å². The maximum absolute atomic E-state index is 14.7. The second-order valence-corrected chi connectivity index (χ2v) is 6.52. The molecular weight excluding hydrogens is 332 g/mol. The maximum atomic E-state index is 14.7. The van der Waals surface area contributed by atoms with Crippen LogP contribution in [0, 0.1) is 18.6 Å². The Kier molecular flexibility index (Phi) is 3.99. The molecule has 0 aliphatic carbocycles. The van der Waals surface area contributed by atoms with E-state index in [1.165, 1.54) is 18.2 Å². The molecule has 1 atom stereocenters. The molecule has 1 aliphatic heterocycles. The highest BCUT2D eigenvalue weighted by Gasteiger charge is 2.27. The van der Waals surface area contributed by atoms with Gasteiger partial charge in [-0.3, -0.25) is 0 Å². The SMILES string of the molecule is Cc1ccc(-c2ccc(N3C=CN(C)C3c3ccc(F)cc3)cc2F)[nH]1. The highest BCUT2D eigenvalue weighted by molar-refractivity contribution is 5.66. The Morgan fingerprint density at radius 2 is 1.69 bits per heavy atom. The molecule has 1 aliphatic rings. The zero-order chi connectivity index (χ0) is 18.3. The number of benzene rings is 2. The highest BCUT2D eigenvalue weighted by Crippen LogP contribution is 2.36. The summed E-state index contributed by atoms with van der Waals surface area (Å²) in [5, 5.41) is 0. The average Bonchev–Trinajstić information content (AvgIpc) is 3.21. The second kappa shape index (κ2) is 6.33. The topological polar surface area (TPSA) is 22.3 Å². The van der Waals surface area contributed by atoms with E-state index in [0.29, 0.717) is 5.56 Å². The van der Waals surface area contributed by atoms with Crippen molar-refractivity contribution in [1.82, 2.24) is 9.88 Å². The number of aryl methyl sites for hydroxylation is 1. The summed E-state index contributed by atoms with van der Waals surface area (Å²) in [6, 6.07) is 15.4. The number of H-pyrrole nitrogens is 1. The Bertz CT molecular complexity index is 960. The quantitative estimate of drug-likeness (QED) is 0.701. The van der Waals surface area contributed by atoms with Crippen molar-refractivity contribution >= 4 is 5.69 Å². The number of aromatic nitrogens is 1. The van der Waals surface area contributed by atoms with Gasteiger partial charge in [0.2, 0.25) is 0 Å². The fourth-order valence-corrected chi connectivity index (χ4v) is 3.34. The molecular formula is C21H19F2N3. The molecule has 5 heteroatoms. The highest BCUT2D eigenvalue weighted by atomic mass is 19.1. The predicted octanol–water partition coefficient (Wildman–Crippen LogP) is 5.19. The Morgan fingerprint density at radius 3 is 2.35 bits per heavy atom. The van der Waals surface area contributed by atoms with Crippen LogP contribution in [0.1, 0.15) is 17.4 Å². The van der Waals surface area contributed by atoms with Crippen LogP contribution in [0.15, 0.2) is 67.0 Å². The number of anilines is 1. The minimum absolute atomic E-state index is 0.145. The minimum atomic E-state index is -0.287. The molecule has 26 heavy (non-hydrogen) atoms. The largest absolute Gasteiger partial charge is 0.359 e. The summed E-state index contributed by atoms with van der Waals surface area (Å²) in [4.78, 5) is 7.14. The van der Waals surface area contributed by atoms with Crippen LogP contribution in [0.4, 0.5) is 14.5 Å². The number of hydrogen-bond acceptors (Lipinski definition) is 2. The van der Waals surface area contributed by atoms with Gasteiger partial charge in [0.15, 0.2) is 0 Å². The van der Waals surface area contributed by atoms with Gasteiger partial charge in [0.25, 0.3) is 0 Å². The molecule has 1 N–H and O–H groups in total. The Morgan fingerprint density at radius 1 is 0.923 bits per heavy atom. The molecule has 2 aromatic carbocycles. The van der Waals surface area contributed by atoms with Gasteiger partial charge in [0.05, 0.1) is 0 Å². The van der Waals surface area contributed by atoms with E-state index in [2.05, 4.69) is 4.98 Å². The summed E-state index contributed by atoms with van der Waals surface area (Å²) in [7, 11) is 1.94. The second-order valence-electron chi connectivity index (χ2n) is 6.52. The molecule has 1 unspecified atom stereocenters. The molecule has 0 fully saturated rings. The Labute approximate surface area is 151 Å². The fourth-order valence-electron chi connectivity index (χ4n) is 3.34. The van der Waals surface area contributed by atoms with Gasteiger partial charge in [-0.25, -0.2) is 8.78 Å². The number of nitrogens with zero attached hydrogens (tertiary/aromatic N) is 2. The van der Waals surface area contributed by atoms with Gasteiger partial charge in [-0.15, -0.1) is 0 Å². The molecule has 2 heterocycles. The van der Waals surface area contributed by atoms with Crippen LogP contribution in [0.5, 0.6) is 0 Å². The smallest absolute Gasteiger partial charge is 0.134 e. The lowest BCUT2D eigenvalue weighted by atomic mass is 10.1. The van der Waals surface area contributed by atoms with Crippen molar-refractivity contribution in [3.05, 3.63) is 89.9 Å². The average molecular weight is 351 g/mol. The molecule has 4 rings (SSSR count). The third-order valence-corrected chi connectivity index (χ3v) is 4.65. The summed E-state index contributed by atoms with van der Waals surface area (Å²) >= 11 is 0. The first-order valence-corrected chi connectivity index (χ1v) is 8.42. The van der Waals surface area contributed by atoms with Crippen molar-refractivity contribution in [1.29, 1.82) is 0 Å². The molecule has 0 bridgehead atoms. The number of nitrogens with one attached hydrogen (secondary N) is 1. The molecule has 1 aromatic heterocycles. The third-order valence-electron chi connectivity index (χ3n) is 4.65. The summed E-state index contributed by atoms with van der Waals surface area (Å²) in [5.74, 6) is -0.560. The molecule has 0 spiro atoms. The van der Waals surface area contributed by atoms with Crippen molar-refractivity contribution in [2.24, 2.45) is 0 Å².